The van der Waals surface area contributed by atoms with Crippen molar-refractivity contribution in [2.45, 2.75) is 19.7 Å². The van der Waals surface area contributed by atoms with Crippen molar-refractivity contribution in [1.29, 1.82) is 0 Å². The van der Waals surface area contributed by atoms with Crippen LogP contribution in [-0.4, -0.2) is 41.9 Å². The van der Waals surface area contributed by atoms with Crippen LogP contribution in [-0.2, 0) is 26.7 Å². The van der Waals surface area contributed by atoms with Crippen LogP contribution in [0.1, 0.15) is 21.9 Å². The molecule has 0 bridgehead atoms. The number of rotatable bonds is 4. The van der Waals surface area contributed by atoms with Crippen LogP contribution in [0.5, 0.6) is 5.88 Å². The van der Waals surface area contributed by atoms with E-state index in [9.17, 15) is 4.79 Å². The van der Waals surface area contributed by atoms with E-state index in [-0.39, 0.29) is 12.5 Å². The first-order valence-corrected chi connectivity index (χ1v) is 8.08. The molecule has 1 aliphatic heterocycles. The van der Waals surface area contributed by atoms with Gasteiger partial charge in [-0.1, -0.05) is 11.3 Å². The van der Waals surface area contributed by atoms with Gasteiger partial charge < -0.3 is 14.2 Å². The second-order valence-corrected chi connectivity index (χ2v) is 5.89. The van der Waals surface area contributed by atoms with E-state index < -0.39 is 0 Å². The van der Waals surface area contributed by atoms with E-state index >= 15 is 0 Å². The molecule has 0 saturated heterocycles. The highest BCUT2D eigenvalue weighted by atomic mass is 16.5. The summed E-state index contributed by atoms with van der Waals surface area (Å²) in [6, 6.07) is 9.19. The smallest absolute Gasteiger partial charge is 0.270 e. The maximum absolute atomic E-state index is 12.7. The summed E-state index contributed by atoms with van der Waals surface area (Å²) in [5.41, 5.74) is 2.31. The topological polar surface area (TPSA) is 78.1 Å². The molecule has 3 aromatic heterocycles. The fourth-order valence-corrected chi connectivity index (χ4v) is 2.90. The number of carbonyl (C=O) groups excluding carboxylic acids is 1. The predicted molar refractivity (Wildman–Crippen MR) is 88.7 cm³/mol. The van der Waals surface area contributed by atoms with Crippen LogP contribution in [0, 0.1) is 0 Å². The van der Waals surface area contributed by atoms with E-state index in [0.29, 0.717) is 31.2 Å². The average Bonchev–Trinajstić information content (AvgIpc) is 3.26. The zero-order chi connectivity index (χ0) is 17.2. The van der Waals surface area contributed by atoms with Gasteiger partial charge in [0.1, 0.15) is 18.0 Å². The third-order valence-corrected chi connectivity index (χ3v) is 4.29. The molecular weight excluding hydrogens is 320 g/mol. The Morgan fingerprint density at radius 3 is 2.92 bits per heavy atom. The van der Waals surface area contributed by atoms with Gasteiger partial charge in [0, 0.05) is 32.1 Å². The Balaban J connectivity index is 1.49. The standard InChI is InChI=1S/C17H18N6O2/c1-21-8-4-5-14(21)17(24)22-9-10-23-15(11-22)13(19-20-23)12-25-16-6-2-3-7-18-16/h2-8H,9-12H2,1H3. The molecule has 0 radical (unpaired) electrons. The van der Waals surface area contributed by atoms with Gasteiger partial charge in [0.15, 0.2) is 0 Å². The molecule has 4 rings (SSSR count). The predicted octanol–water partition coefficient (Wildman–Crippen LogP) is 1.25. The molecule has 4 heterocycles. The number of carbonyl (C=O) groups is 1. The number of ether oxygens (including phenoxy) is 1. The van der Waals surface area contributed by atoms with Gasteiger partial charge in [-0.2, -0.15) is 0 Å². The number of hydrogen-bond acceptors (Lipinski definition) is 5. The highest BCUT2D eigenvalue weighted by Crippen LogP contribution is 2.18. The maximum atomic E-state index is 12.7. The quantitative estimate of drug-likeness (QED) is 0.715. The van der Waals surface area contributed by atoms with Crippen molar-refractivity contribution in [2.24, 2.45) is 7.05 Å². The van der Waals surface area contributed by atoms with Gasteiger partial charge in [0.2, 0.25) is 5.88 Å². The van der Waals surface area contributed by atoms with Crippen molar-refractivity contribution in [1.82, 2.24) is 29.4 Å². The summed E-state index contributed by atoms with van der Waals surface area (Å²) in [6.07, 6.45) is 3.55. The van der Waals surface area contributed by atoms with Crippen molar-refractivity contribution in [3.05, 3.63) is 59.8 Å². The summed E-state index contributed by atoms with van der Waals surface area (Å²) in [7, 11) is 1.87. The Morgan fingerprint density at radius 1 is 1.24 bits per heavy atom. The number of hydrogen-bond donors (Lipinski definition) is 0. The second-order valence-electron chi connectivity index (χ2n) is 5.89. The summed E-state index contributed by atoms with van der Waals surface area (Å²) in [4.78, 5) is 18.7. The number of aryl methyl sites for hydroxylation is 1. The van der Waals surface area contributed by atoms with E-state index in [1.165, 1.54) is 0 Å². The van der Waals surface area contributed by atoms with E-state index in [1.807, 2.05) is 51.7 Å². The van der Waals surface area contributed by atoms with E-state index in [1.54, 1.807) is 12.3 Å². The Morgan fingerprint density at radius 2 is 2.16 bits per heavy atom. The second kappa shape index (κ2) is 6.39. The molecule has 8 nitrogen and oxygen atoms in total. The lowest BCUT2D eigenvalue weighted by Crippen LogP contribution is -2.39. The molecule has 0 saturated carbocycles. The molecule has 0 aliphatic carbocycles. The van der Waals surface area contributed by atoms with Crippen LogP contribution in [0.4, 0.5) is 0 Å². The van der Waals surface area contributed by atoms with E-state index in [4.69, 9.17) is 4.74 Å². The molecule has 0 N–H and O–H groups in total. The minimum Gasteiger partial charge on any atom is -0.471 e. The Hall–Kier alpha value is -3.16. The molecule has 128 valence electrons. The molecule has 0 atom stereocenters. The monoisotopic (exact) mass is 338 g/mol. The Labute approximate surface area is 144 Å². The molecule has 8 heteroatoms. The zero-order valence-electron chi connectivity index (χ0n) is 13.9. The first-order chi connectivity index (χ1) is 12.2. The molecule has 0 unspecified atom stereocenters. The van der Waals surface area contributed by atoms with Crippen molar-refractivity contribution < 1.29 is 9.53 Å². The SMILES string of the molecule is Cn1cccc1C(=O)N1CCn2nnc(COc3ccccn3)c2C1. The first kappa shape index (κ1) is 15.4. The van der Waals surface area contributed by atoms with Crippen LogP contribution >= 0.6 is 0 Å². The number of amides is 1. The number of nitrogens with zero attached hydrogens (tertiary/aromatic N) is 6. The first-order valence-electron chi connectivity index (χ1n) is 8.08. The molecule has 0 spiro atoms. The Bertz CT molecular complexity index is 886. The fourth-order valence-electron chi connectivity index (χ4n) is 2.90. The minimum atomic E-state index is 0.0107. The summed E-state index contributed by atoms with van der Waals surface area (Å²) in [6.45, 7) is 1.99. The third-order valence-electron chi connectivity index (χ3n) is 4.29. The van der Waals surface area contributed by atoms with Gasteiger partial charge in [-0.05, 0) is 18.2 Å². The lowest BCUT2D eigenvalue weighted by Gasteiger charge is -2.27. The van der Waals surface area contributed by atoms with Gasteiger partial charge in [-0.25, -0.2) is 9.67 Å². The van der Waals surface area contributed by atoms with Gasteiger partial charge >= 0.3 is 0 Å². The lowest BCUT2D eigenvalue weighted by atomic mass is 10.2. The summed E-state index contributed by atoms with van der Waals surface area (Å²) >= 11 is 0. The minimum absolute atomic E-state index is 0.0107. The molecule has 0 fully saturated rings. The Kier molecular flexibility index (Phi) is 3.93. The summed E-state index contributed by atoms with van der Waals surface area (Å²) in [5, 5.41) is 8.37. The number of aromatic nitrogens is 5. The van der Waals surface area contributed by atoms with Gasteiger partial charge in [0.05, 0.1) is 18.8 Å². The van der Waals surface area contributed by atoms with Crippen LogP contribution < -0.4 is 4.74 Å². The highest BCUT2D eigenvalue weighted by molar-refractivity contribution is 5.92. The third kappa shape index (κ3) is 2.98. The average molecular weight is 338 g/mol. The van der Waals surface area contributed by atoms with Crippen molar-refractivity contribution in [3.8, 4) is 5.88 Å². The largest absolute Gasteiger partial charge is 0.471 e. The van der Waals surface area contributed by atoms with Crippen LogP contribution in [0.2, 0.25) is 0 Å². The number of pyridine rings is 1. The van der Waals surface area contributed by atoms with Crippen LogP contribution in [0.15, 0.2) is 42.7 Å². The van der Waals surface area contributed by atoms with Gasteiger partial charge in [0.25, 0.3) is 5.91 Å². The molecular formula is C17H18N6O2. The maximum Gasteiger partial charge on any atom is 0.270 e. The zero-order valence-corrected chi connectivity index (χ0v) is 13.9. The fraction of sp³-hybridized carbons (Fsp3) is 0.294. The van der Waals surface area contributed by atoms with E-state index in [2.05, 4.69) is 15.3 Å². The van der Waals surface area contributed by atoms with Gasteiger partial charge in [-0.3, -0.25) is 4.79 Å². The summed E-state index contributed by atoms with van der Waals surface area (Å²) in [5.74, 6) is 0.549. The molecule has 1 aliphatic rings. The van der Waals surface area contributed by atoms with Crippen LogP contribution in [0.25, 0.3) is 0 Å². The molecule has 25 heavy (non-hydrogen) atoms. The number of fused-ring (bicyclic) bond motifs is 1. The van der Waals surface area contributed by atoms with Crippen molar-refractivity contribution >= 4 is 5.91 Å². The summed E-state index contributed by atoms with van der Waals surface area (Å²) < 4.78 is 9.34. The normalized spacial score (nSPS) is 13.6. The van der Waals surface area contributed by atoms with E-state index in [0.717, 1.165) is 11.4 Å². The van der Waals surface area contributed by atoms with Crippen molar-refractivity contribution in [2.75, 3.05) is 6.54 Å². The highest BCUT2D eigenvalue weighted by Gasteiger charge is 2.26. The van der Waals surface area contributed by atoms with Crippen LogP contribution in [0.3, 0.4) is 0 Å². The van der Waals surface area contributed by atoms with Crippen molar-refractivity contribution in [3.63, 3.8) is 0 Å². The molecule has 3 aromatic rings. The lowest BCUT2D eigenvalue weighted by molar-refractivity contribution is 0.0694. The molecule has 1 amide bonds. The molecule has 0 aromatic carbocycles. The van der Waals surface area contributed by atoms with Gasteiger partial charge in [-0.15, -0.1) is 5.10 Å².